The predicted molar refractivity (Wildman–Crippen MR) is 82.4 cm³/mol. The SMILES string of the molecule is Fc1cccc(OC2CCN(C3Cc4ccccc4C3)C2)n1. The molecular formula is C18H19FN2O. The average Bonchev–Trinajstić information content (AvgIpc) is 3.13. The van der Waals surface area contributed by atoms with E-state index in [4.69, 9.17) is 4.74 Å². The predicted octanol–water partition coefficient (Wildman–Crippen LogP) is 2.84. The second-order valence-electron chi connectivity index (χ2n) is 6.15. The van der Waals surface area contributed by atoms with Gasteiger partial charge < -0.3 is 4.74 Å². The molecule has 4 rings (SSSR count). The fraction of sp³-hybridized carbons (Fsp3) is 0.389. The van der Waals surface area contributed by atoms with Crippen molar-refractivity contribution in [1.82, 2.24) is 9.88 Å². The zero-order valence-corrected chi connectivity index (χ0v) is 12.4. The maximum absolute atomic E-state index is 13.1. The molecule has 0 amide bonds. The number of halogens is 1. The zero-order valence-electron chi connectivity index (χ0n) is 12.4. The number of benzene rings is 1. The molecule has 114 valence electrons. The standard InChI is InChI=1S/C18H19FN2O/c19-17-6-3-7-18(20-17)22-16-8-9-21(12-16)15-10-13-4-1-2-5-14(13)11-15/h1-7,15-16H,8-12H2. The van der Waals surface area contributed by atoms with Crippen molar-refractivity contribution in [3.05, 3.63) is 59.5 Å². The normalized spacial score (nSPS) is 22.0. The average molecular weight is 298 g/mol. The monoisotopic (exact) mass is 298 g/mol. The number of hydrogen-bond donors (Lipinski definition) is 0. The highest BCUT2D eigenvalue weighted by Crippen LogP contribution is 2.28. The van der Waals surface area contributed by atoms with Crippen LogP contribution in [0.25, 0.3) is 0 Å². The molecule has 22 heavy (non-hydrogen) atoms. The maximum atomic E-state index is 13.1. The molecule has 0 bridgehead atoms. The van der Waals surface area contributed by atoms with Crippen LogP contribution in [0.2, 0.25) is 0 Å². The van der Waals surface area contributed by atoms with Gasteiger partial charge in [-0.3, -0.25) is 4.90 Å². The second kappa shape index (κ2) is 5.69. The van der Waals surface area contributed by atoms with Crippen molar-refractivity contribution in [2.75, 3.05) is 13.1 Å². The summed E-state index contributed by atoms with van der Waals surface area (Å²) in [5, 5.41) is 0. The third-order valence-corrected chi connectivity index (χ3v) is 4.70. The first-order valence-corrected chi connectivity index (χ1v) is 7.88. The topological polar surface area (TPSA) is 25.4 Å². The zero-order chi connectivity index (χ0) is 14.9. The number of likely N-dealkylation sites (tertiary alicyclic amines) is 1. The lowest BCUT2D eigenvalue weighted by Gasteiger charge is -2.23. The highest BCUT2D eigenvalue weighted by atomic mass is 19.1. The van der Waals surface area contributed by atoms with Crippen molar-refractivity contribution in [3.8, 4) is 5.88 Å². The molecule has 3 nitrogen and oxygen atoms in total. The first-order valence-electron chi connectivity index (χ1n) is 7.88. The number of nitrogens with zero attached hydrogens (tertiary/aromatic N) is 2. The minimum atomic E-state index is -0.487. The van der Waals surface area contributed by atoms with E-state index in [-0.39, 0.29) is 6.10 Å². The lowest BCUT2D eigenvalue weighted by atomic mass is 10.1. The molecule has 2 aromatic rings. The summed E-state index contributed by atoms with van der Waals surface area (Å²) >= 11 is 0. The first kappa shape index (κ1) is 13.7. The third-order valence-electron chi connectivity index (χ3n) is 4.70. The molecule has 1 fully saturated rings. The van der Waals surface area contributed by atoms with Crippen LogP contribution in [-0.4, -0.2) is 35.1 Å². The number of ether oxygens (including phenoxy) is 1. The van der Waals surface area contributed by atoms with Crippen LogP contribution in [-0.2, 0) is 12.8 Å². The fourth-order valence-corrected chi connectivity index (χ4v) is 3.60. The number of pyridine rings is 1. The third kappa shape index (κ3) is 2.71. The minimum absolute atomic E-state index is 0.109. The first-order chi connectivity index (χ1) is 10.8. The molecule has 2 heterocycles. The summed E-state index contributed by atoms with van der Waals surface area (Å²) in [6.45, 7) is 1.94. The Balaban J connectivity index is 1.37. The number of rotatable bonds is 3. The van der Waals surface area contributed by atoms with Crippen LogP contribution in [0.3, 0.4) is 0 Å². The van der Waals surface area contributed by atoms with E-state index >= 15 is 0 Å². The van der Waals surface area contributed by atoms with Gasteiger partial charge in [0.25, 0.3) is 0 Å². The van der Waals surface area contributed by atoms with E-state index in [1.165, 1.54) is 17.2 Å². The molecule has 0 saturated carbocycles. The van der Waals surface area contributed by atoms with E-state index in [1.807, 2.05) is 0 Å². The van der Waals surface area contributed by atoms with Crippen LogP contribution in [0.15, 0.2) is 42.5 Å². The van der Waals surface area contributed by atoms with Gasteiger partial charge in [0.15, 0.2) is 0 Å². The number of hydrogen-bond acceptors (Lipinski definition) is 3. The lowest BCUT2D eigenvalue weighted by Crippen LogP contribution is -2.35. The molecule has 0 radical (unpaired) electrons. The van der Waals surface area contributed by atoms with Crippen LogP contribution in [0, 0.1) is 5.95 Å². The van der Waals surface area contributed by atoms with Gasteiger partial charge in [0.1, 0.15) is 6.10 Å². The Labute approximate surface area is 129 Å². The van der Waals surface area contributed by atoms with E-state index < -0.39 is 5.95 Å². The maximum Gasteiger partial charge on any atom is 0.216 e. The van der Waals surface area contributed by atoms with E-state index in [2.05, 4.69) is 34.1 Å². The Morgan fingerprint density at radius 2 is 1.82 bits per heavy atom. The molecule has 0 spiro atoms. The lowest BCUT2D eigenvalue weighted by molar-refractivity contribution is 0.173. The van der Waals surface area contributed by atoms with Gasteiger partial charge in [-0.1, -0.05) is 30.3 Å². The second-order valence-corrected chi connectivity index (χ2v) is 6.15. The van der Waals surface area contributed by atoms with Crippen LogP contribution >= 0.6 is 0 Å². The summed E-state index contributed by atoms with van der Waals surface area (Å²) < 4.78 is 18.9. The number of fused-ring (bicyclic) bond motifs is 1. The highest BCUT2D eigenvalue weighted by Gasteiger charge is 2.33. The van der Waals surface area contributed by atoms with E-state index in [0.717, 1.165) is 32.4 Å². The molecule has 1 unspecified atom stereocenters. The molecule has 1 aliphatic carbocycles. The Bertz CT molecular complexity index is 651. The summed E-state index contributed by atoms with van der Waals surface area (Å²) in [5.74, 6) is -0.0971. The Morgan fingerprint density at radius 1 is 1.05 bits per heavy atom. The van der Waals surface area contributed by atoms with Gasteiger partial charge >= 0.3 is 0 Å². The summed E-state index contributed by atoms with van der Waals surface area (Å²) in [7, 11) is 0. The van der Waals surface area contributed by atoms with Crippen LogP contribution in [0.5, 0.6) is 5.88 Å². The van der Waals surface area contributed by atoms with Crippen molar-refractivity contribution in [1.29, 1.82) is 0 Å². The minimum Gasteiger partial charge on any atom is -0.473 e. The van der Waals surface area contributed by atoms with Crippen LogP contribution < -0.4 is 4.74 Å². The molecule has 4 heteroatoms. The van der Waals surface area contributed by atoms with E-state index in [9.17, 15) is 4.39 Å². The smallest absolute Gasteiger partial charge is 0.216 e. The quantitative estimate of drug-likeness (QED) is 0.815. The van der Waals surface area contributed by atoms with Crippen molar-refractivity contribution in [2.24, 2.45) is 0 Å². The highest BCUT2D eigenvalue weighted by molar-refractivity contribution is 5.33. The summed E-state index contributed by atoms with van der Waals surface area (Å²) in [6.07, 6.45) is 3.34. The largest absolute Gasteiger partial charge is 0.473 e. The van der Waals surface area contributed by atoms with Gasteiger partial charge in [-0.15, -0.1) is 0 Å². The van der Waals surface area contributed by atoms with Gasteiger partial charge in [0.2, 0.25) is 11.8 Å². The van der Waals surface area contributed by atoms with Gasteiger partial charge in [-0.25, -0.2) is 0 Å². The number of aromatic nitrogens is 1. The molecule has 0 N–H and O–H groups in total. The Kier molecular flexibility index (Phi) is 3.54. The van der Waals surface area contributed by atoms with E-state index in [1.54, 1.807) is 12.1 Å². The molecule has 1 aromatic carbocycles. The summed E-state index contributed by atoms with van der Waals surface area (Å²) in [6, 6.07) is 14.0. The van der Waals surface area contributed by atoms with Gasteiger partial charge in [0, 0.05) is 25.2 Å². The molecule has 1 aromatic heterocycles. The fourth-order valence-electron chi connectivity index (χ4n) is 3.60. The summed E-state index contributed by atoms with van der Waals surface area (Å²) in [4.78, 5) is 6.29. The molecule has 1 aliphatic heterocycles. The van der Waals surface area contributed by atoms with Gasteiger partial charge in [-0.2, -0.15) is 9.37 Å². The van der Waals surface area contributed by atoms with Crippen LogP contribution in [0.1, 0.15) is 17.5 Å². The molecule has 2 aliphatic rings. The van der Waals surface area contributed by atoms with Crippen molar-refractivity contribution >= 4 is 0 Å². The van der Waals surface area contributed by atoms with Crippen molar-refractivity contribution < 1.29 is 9.13 Å². The van der Waals surface area contributed by atoms with Crippen molar-refractivity contribution in [2.45, 2.75) is 31.4 Å². The molecular weight excluding hydrogens is 279 g/mol. The summed E-state index contributed by atoms with van der Waals surface area (Å²) in [5.41, 5.74) is 2.95. The van der Waals surface area contributed by atoms with Crippen molar-refractivity contribution in [3.63, 3.8) is 0 Å². The van der Waals surface area contributed by atoms with Gasteiger partial charge in [0.05, 0.1) is 0 Å². The van der Waals surface area contributed by atoms with Crippen LogP contribution in [0.4, 0.5) is 4.39 Å². The van der Waals surface area contributed by atoms with E-state index in [0.29, 0.717) is 11.9 Å². The Morgan fingerprint density at radius 3 is 2.55 bits per heavy atom. The molecule has 1 atom stereocenters. The molecule has 1 saturated heterocycles. The Hall–Kier alpha value is -1.94. The van der Waals surface area contributed by atoms with Gasteiger partial charge in [-0.05, 0) is 36.5 Å².